The van der Waals surface area contributed by atoms with Crippen molar-refractivity contribution >= 4 is 135 Å². The number of aromatic nitrogens is 8. The van der Waals surface area contributed by atoms with Gasteiger partial charge in [0.1, 0.15) is 36.6 Å². The van der Waals surface area contributed by atoms with Gasteiger partial charge in [-0.25, -0.2) is 9.97 Å². The molecule has 0 aromatic carbocycles. The second-order valence-electron chi connectivity index (χ2n) is 11.2. The van der Waals surface area contributed by atoms with Crippen LogP contribution < -0.4 is 51.9 Å². The summed E-state index contributed by atoms with van der Waals surface area (Å²) < 4.78 is 71.0. The van der Waals surface area contributed by atoms with Gasteiger partial charge in [-0.05, 0) is 0 Å². The first-order valence-electron chi connectivity index (χ1n) is 14.6. The predicted molar refractivity (Wildman–Crippen MR) is 179 cm³/mol. The first kappa shape index (κ1) is 54.0. The van der Waals surface area contributed by atoms with Crippen LogP contribution in [0.25, 0.3) is 22.3 Å². The van der Waals surface area contributed by atoms with Gasteiger partial charge in [-0.1, -0.05) is 0 Å². The molecular weight excluding hydrogens is 929 g/mol. The van der Waals surface area contributed by atoms with E-state index in [1.807, 2.05) is 0 Å². The third kappa shape index (κ3) is 13.4. The zero-order valence-corrected chi connectivity index (χ0v) is 36.9. The van der Waals surface area contributed by atoms with E-state index in [1.165, 1.54) is 0 Å². The molecule has 0 bridgehead atoms. The number of nitrogens with zero attached hydrogens (tertiary/aromatic N) is 6. The molecule has 0 aliphatic carbocycles. The topological polar surface area (TPSA) is 522 Å². The summed E-state index contributed by atoms with van der Waals surface area (Å²) in [6.45, 7) is -1.98. The van der Waals surface area contributed by atoms with E-state index < -0.39 is 105 Å². The maximum atomic E-state index is 11.8. The standard InChI is InChI=1S/2C10H15N5O11P2.3Mg/c2*11-10-13-7-4(8(18)14-10)12-2-15(7)9-6(17)5(16)3(25-9)1-24-28(22,23)26-27(19,20)21;;;/h2*2-3,5-6,9,16-17H,1H2,(H,22,23)(H2,19,20,21)(H3,11,13,14,18);;;/q;;3*+2/p-6/t2*3-,5-,6-,9-;;;/m11.../s1. The number of aliphatic hydroxyl groups excluding tert-OH is 4. The molecule has 0 radical (unpaired) electrons. The Balaban J connectivity index is 0.000000387. The van der Waals surface area contributed by atoms with Crippen LogP contribution in [0, 0.1) is 0 Å². The average Bonchev–Trinajstić information content (AvgIpc) is 3.79. The number of hydrogen-bond acceptors (Lipinski definition) is 28. The quantitative estimate of drug-likeness (QED) is 0.0483. The molecule has 10 atom stereocenters. The first-order valence-corrected chi connectivity index (χ1v) is 20.5. The van der Waals surface area contributed by atoms with Crippen LogP contribution in [0.15, 0.2) is 22.2 Å². The van der Waals surface area contributed by atoms with Crippen molar-refractivity contribution in [3.05, 3.63) is 33.4 Å². The van der Waals surface area contributed by atoms with Crippen molar-refractivity contribution in [1.82, 2.24) is 39.0 Å². The van der Waals surface area contributed by atoms with Gasteiger partial charge >= 0.3 is 69.2 Å². The molecule has 0 amide bonds. The Morgan fingerprint density at radius 2 is 0.966 bits per heavy atom. The number of nitrogens with two attached hydrogens (primary N) is 2. The summed E-state index contributed by atoms with van der Waals surface area (Å²) in [5.74, 6) is -0.507. The van der Waals surface area contributed by atoms with Gasteiger partial charge in [-0.15, -0.1) is 0 Å². The van der Waals surface area contributed by atoms with Crippen molar-refractivity contribution in [1.29, 1.82) is 0 Å². The van der Waals surface area contributed by atoms with E-state index in [1.54, 1.807) is 0 Å². The summed E-state index contributed by atoms with van der Waals surface area (Å²) in [5.41, 5.74) is 9.11. The molecule has 0 saturated carbocycles. The molecule has 2 aliphatic rings. The number of nitrogen functional groups attached to an aromatic ring is 2. The van der Waals surface area contributed by atoms with Gasteiger partial charge in [0, 0.05) is 0 Å². The van der Waals surface area contributed by atoms with Crippen LogP contribution in [0.5, 0.6) is 0 Å². The molecule has 10 N–H and O–H groups in total. The molecule has 4 aromatic heterocycles. The molecular formula is C20H24Mg3N10O22P4. The summed E-state index contributed by atoms with van der Waals surface area (Å²) in [5, 5.41) is 40.4. The van der Waals surface area contributed by atoms with Crippen LogP contribution in [0.1, 0.15) is 12.5 Å². The van der Waals surface area contributed by atoms with Gasteiger partial charge < -0.3 is 88.9 Å². The summed E-state index contributed by atoms with van der Waals surface area (Å²) in [6, 6.07) is 0. The first-order chi connectivity index (χ1) is 25.8. The largest absolute Gasteiger partial charge is 2.00 e. The Labute approximate surface area is 373 Å². The number of aromatic amines is 2. The number of aliphatic hydroxyl groups is 4. The molecule has 0 spiro atoms. The van der Waals surface area contributed by atoms with E-state index in [4.69, 9.17) is 20.9 Å². The van der Waals surface area contributed by atoms with Gasteiger partial charge in [0.05, 0.1) is 41.5 Å². The molecule has 312 valence electrons. The summed E-state index contributed by atoms with van der Waals surface area (Å²) in [7, 11) is -22.9. The smallest absolute Gasteiger partial charge is 0.790 e. The molecule has 4 aromatic rings. The monoisotopic (exact) mass is 952 g/mol. The number of phosphoric acid groups is 4. The number of imidazole rings is 2. The number of ether oxygens (including phenoxy) is 2. The molecule has 2 unspecified atom stereocenters. The fourth-order valence-corrected chi connectivity index (χ4v) is 8.07. The van der Waals surface area contributed by atoms with Crippen molar-refractivity contribution in [2.24, 2.45) is 0 Å². The van der Waals surface area contributed by atoms with Crippen LogP contribution in [-0.4, -0.2) is 178 Å². The van der Waals surface area contributed by atoms with Crippen LogP contribution in [0.3, 0.4) is 0 Å². The van der Waals surface area contributed by atoms with E-state index in [2.05, 4.69) is 47.6 Å². The average molecular weight is 953 g/mol. The van der Waals surface area contributed by atoms with E-state index in [9.17, 15) is 77.6 Å². The van der Waals surface area contributed by atoms with Crippen LogP contribution in [-0.2, 0) is 45.4 Å². The minimum absolute atomic E-state index is 0. The molecule has 32 nitrogen and oxygen atoms in total. The number of fused-ring (bicyclic) bond motifs is 2. The maximum Gasteiger partial charge on any atom is 2.00 e. The number of rotatable bonds is 12. The summed E-state index contributed by atoms with van der Waals surface area (Å²) >= 11 is 0. The third-order valence-electron chi connectivity index (χ3n) is 7.32. The number of H-pyrrole nitrogens is 2. The Morgan fingerprint density at radius 1 is 0.644 bits per heavy atom. The van der Waals surface area contributed by atoms with Gasteiger partial charge in [0.2, 0.25) is 11.9 Å². The molecule has 2 aliphatic heterocycles. The molecule has 59 heavy (non-hydrogen) atoms. The second kappa shape index (κ2) is 20.6. The van der Waals surface area contributed by atoms with Crippen molar-refractivity contribution in [3.63, 3.8) is 0 Å². The zero-order valence-electron chi connectivity index (χ0n) is 29.1. The van der Waals surface area contributed by atoms with Crippen LogP contribution >= 0.6 is 31.3 Å². The molecule has 6 rings (SSSR count). The second-order valence-corrected chi connectivity index (χ2v) is 16.6. The Hall–Kier alpha value is -1.12. The fraction of sp³-hybridized carbons (Fsp3) is 0.500. The number of anilines is 2. The SMILES string of the molecule is Nc1nc2c(ncn2[C@@H]2O[C@H](COP(=O)([O-])OP(=O)([O-])[O-])[C@@H](O)[C@H]2O)c(=O)[nH]1.Nc1nc2c(ncn2[C@@H]2O[C@H](COP(=O)([O-])OP(=O)([O-])[O-])[C@@H](O)[C@H]2O)c(=O)[nH]1.[Mg+2].[Mg+2].[Mg+2]. The van der Waals surface area contributed by atoms with E-state index in [0.29, 0.717) is 0 Å². The van der Waals surface area contributed by atoms with Gasteiger partial charge in [0.15, 0.2) is 34.8 Å². The molecule has 2 saturated heterocycles. The van der Waals surface area contributed by atoms with Gasteiger partial charge in [0.25, 0.3) is 26.8 Å². The van der Waals surface area contributed by atoms with Crippen molar-refractivity contribution in [2.45, 2.75) is 49.1 Å². The minimum atomic E-state index is -5.88. The van der Waals surface area contributed by atoms with E-state index in [-0.39, 0.29) is 103 Å². The maximum absolute atomic E-state index is 11.8. The van der Waals surface area contributed by atoms with Crippen molar-refractivity contribution in [3.8, 4) is 0 Å². The van der Waals surface area contributed by atoms with Crippen molar-refractivity contribution < 1.29 is 95.2 Å². The number of hydrogen-bond donors (Lipinski definition) is 8. The Bertz CT molecular complexity index is 2250. The molecule has 2 fully saturated rings. The van der Waals surface area contributed by atoms with Gasteiger partial charge in [-0.3, -0.25) is 46.4 Å². The third-order valence-corrected chi connectivity index (χ3v) is 11.4. The van der Waals surface area contributed by atoms with Crippen LogP contribution in [0.2, 0.25) is 0 Å². The zero-order chi connectivity index (χ0) is 41.7. The van der Waals surface area contributed by atoms with Crippen molar-refractivity contribution in [2.75, 3.05) is 24.7 Å². The van der Waals surface area contributed by atoms with Crippen LogP contribution in [0.4, 0.5) is 11.9 Å². The Kier molecular flexibility index (Phi) is 18.8. The minimum Gasteiger partial charge on any atom is -0.790 e. The van der Waals surface area contributed by atoms with E-state index in [0.717, 1.165) is 21.8 Å². The predicted octanol–water partition coefficient (Wildman–Crippen LogP) is -9.84. The number of nitrogens with one attached hydrogen (secondary N) is 2. The molecule has 6 heterocycles. The Morgan fingerprint density at radius 3 is 1.27 bits per heavy atom. The summed E-state index contributed by atoms with van der Waals surface area (Å²) in [4.78, 5) is 107. The fourth-order valence-electron chi connectivity index (χ4n) is 5.07. The molecule has 39 heteroatoms. The normalized spacial score (nSPS) is 26.5. The van der Waals surface area contributed by atoms with Gasteiger partial charge in [-0.2, -0.15) is 9.97 Å². The summed E-state index contributed by atoms with van der Waals surface area (Å²) in [6.07, 6.45) is -10.3. The van der Waals surface area contributed by atoms with E-state index >= 15 is 0 Å². The number of phosphoric ester groups is 2.